The molecule has 30 heavy (non-hydrogen) atoms. The lowest BCUT2D eigenvalue weighted by atomic mass is 10.1. The summed E-state index contributed by atoms with van der Waals surface area (Å²) in [5.41, 5.74) is 2.60. The molecule has 0 radical (unpaired) electrons. The second-order valence-corrected chi connectivity index (χ2v) is 8.19. The Bertz CT molecular complexity index is 984. The zero-order valence-corrected chi connectivity index (χ0v) is 19.6. The third-order valence-electron chi connectivity index (χ3n) is 4.59. The number of methoxy groups -OCH3 is 2. The summed E-state index contributed by atoms with van der Waals surface area (Å²) in [4.78, 5) is 22.1. The number of benzene rings is 2. The van der Waals surface area contributed by atoms with Gasteiger partial charge in [0.1, 0.15) is 11.5 Å². The number of aromatic nitrogens is 1. The largest absolute Gasteiger partial charge is 0.497 e. The molecule has 0 atom stereocenters. The lowest BCUT2D eigenvalue weighted by Crippen LogP contribution is -2.33. The summed E-state index contributed by atoms with van der Waals surface area (Å²) < 4.78 is 11.8. The van der Waals surface area contributed by atoms with Crippen molar-refractivity contribution in [2.45, 2.75) is 13.3 Å². The fraction of sp³-hybridized carbons (Fsp3) is 0.364. The number of hydrogen-bond donors (Lipinski definition) is 0. The van der Waals surface area contributed by atoms with Crippen molar-refractivity contribution in [3.63, 3.8) is 0 Å². The van der Waals surface area contributed by atoms with Crippen molar-refractivity contribution >= 4 is 45.0 Å². The first-order valence-corrected chi connectivity index (χ1v) is 10.3. The van der Waals surface area contributed by atoms with Gasteiger partial charge >= 0.3 is 0 Å². The van der Waals surface area contributed by atoms with E-state index in [9.17, 15) is 4.79 Å². The Morgan fingerprint density at radius 3 is 2.30 bits per heavy atom. The van der Waals surface area contributed by atoms with E-state index in [1.807, 2.05) is 26.2 Å². The first-order valence-electron chi connectivity index (χ1n) is 9.48. The smallest absolute Gasteiger partial charge is 0.260 e. The molecule has 0 saturated heterocycles. The number of carbonyl (C=O) groups is 1. The number of carbonyl (C=O) groups excluding carboxylic acids is 1. The van der Waals surface area contributed by atoms with E-state index in [2.05, 4.69) is 17.9 Å². The zero-order chi connectivity index (χ0) is 21.0. The van der Waals surface area contributed by atoms with Crippen molar-refractivity contribution in [1.82, 2.24) is 9.88 Å². The molecule has 0 fully saturated rings. The number of halogens is 1. The van der Waals surface area contributed by atoms with Crippen LogP contribution >= 0.6 is 23.7 Å². The molecule has 3 aromatic rings. The number of nitrogens with zero attached hydrogens (tertiary/aromatic N) is 3. The number of hydrogen-bond acceptors (Lipinski definition) is 6. The maximum Gasteiger partial charge on any atom is 0.260 e. The molecule has 8 heteroatoms. The van der Waals surface area contributed by atoms with Gasteiger partial charge in [-0.2, -0.15) is 0 Å². The van der Waals surface area contributed by atoms with Crippen LogP contribution in [0.15, 0.2) is 36.4 Å². The van der Waals surface area contributed by atoms with Crippen LogP contribution in [0, 0.1) is 6.92 Å². The normalized spacial score (nSPS) is 10.7. The first kappa shape index (κ1) is 23.9. The lowest BCUT2D eigenvalue weighted by Gasteiger charge is -2.21. The Labute approximate surface area is 187 Å². The van der Waals surface area contributed by atoms with Crippen molar-refractivity contribution in [1.29, 1.82) is 0 Å². The highest BCUT2D eigenvalue weighted by molar-refractivity contribution is 7.22. The van der Waals surface area contributed by atoms with E-state index >= 15 is 0 Å². The highest BCUT2D eigenvalue weighted by Crippen LogP contribution is 2.31. The van der Waals surface area contributed by atoms with E-state index in [0.717, 1.165) is 23.2 Å². The van der Waals surface area contributed by atoms with Crippen LogP contribution in [0.25, 0.3) is 10.2 Å². The maximum absolute atomic E-state index is 13.5. The Hall–Kier alpha value is -2.35. The monoisotopic (exact) mass is 449 g/mol. The van der Waals surface area contributed by atoms with Gasteiger partial charge in [-0.3, -0.25) is 9.69 Å². The van der Waals surface area contributed by atoms with Crippen LogP contribution in [0.1, 0.15) is 22.3 Å². The van der Waals surface area contributed by atoms with Crippen LogP contribution in [-0.4, -0.2) is 57.2 Å². The molecule has 1 aromatic heterocycles. The minimum Gasteiger partial charge on any atom is -0.497 e. The van der Waals surface area contributed by atoms with Gasteiger partial charge in [-0.25, -0.2) is 4.98 Å². The third kappa shape index (κ3) is 5.62. The molecule has 162 valence electrons. The van der Waals surface area contributed by atoms with Crippen LogP contribution in [0.2, 0.25) is 0 Å². The molecule has 0 aliphatic carbocycles. The Morgan fingerprint density at radius 2 is 1.70 bits per heavy atom. The number of anilines is 1. The number of amides is 1. The number of rotatable bonds is 8. The first-order chi connectivity index (χ1) is 13.9. The summed E-state index contributed by atoms with van der Waals surface area (Å²) in [6.07, 6.45) is 0.842. The molecule has 0 saturated carbocycles. The van der Waals surface area contributed by atoms with Crippen molar-refractivity contribution in [3.05, 3.63) is 47.5 Å². The fourth-order valence-corrected chi connectivity index (χ4v) is 4.14. The van der Waals surface area contributed by atoms with Crippen LogP contribution in [0.3, 0.4) is 0 Å². The van der Waals surface area contributed by atoms with Gasteiger partial charge in [0.2, 0.25) is 0 Å². The number of ether oxygens (including phenoxy) is 2. The van der Waals surface area contributed by atoms with E-state index in [1.54, 1.807) is 37.3 Å². The Balaban J connectivity index is 0.00000320. The molecule has 6 nitrogen and oxygen atoms in total. The quantitative estimate of drug-likeness (QED) is 0.501. The SMILES string of the molecule is COc1cc(OC)cc(C(=O)N(CCCN(C)C)c2nc3ccc(C)cc3s2)c1.Cl. The average molecular weight is 450 g/mol. The Kier molecular flexibility index (Phi) is 8.46. The van der Waals surface area contributed by atoms with Crippen molar-refractivity contribution in [2.24, 2.45) is 0 Å². The lowest BCUT2D eigenvalue weighted by molar-refractivity contribution is 0.0985. The summed E-state index contributed by atoms with van der Waals surface area (Å²) in [6.45, 7) is 3.52. The fourth-order valence-electron chi connectivity index (χ4n) is 3.05. The molecule has 0 N–H and O–H groups in total. The molecule has 0 spiro atoms. The van der Waals surface area contributed by atoms with Crippen molar-refractivity contribution in [3.8, 4) is 11.5 Å². The molecule has 1 heterocycles. The van der Waals surface area contributed by atoms with Gasteiger partial charge in [-0.05, 0) is 63.8 Å². The van der Waals surface area contributed by atoms with E-state index in [0.29, 0.717) is 28.7 Å². The third-order valence-corrected chi connectivity index (χ3v) is 5.64. The average Bonchev–Trinajstić information content (AvgIpc) is 3.12. The van der Waals surface area contributed by atoms with Crippen molar-refractivity contribution in [2.75, 3.05) is 46.3 Å². The van der Waals surface area contributed by atoms with Gasteiger partial charge in [-0.15, -0.1) is 12.4 Å². The highest BCUT2D eigenvalue weighted by atomic mass is 35.5. The van der Waals surface area contributed by atoms with Gasteiger partial charge in [0.25, 0.3) is 5.91 Å². The predicted molar refractivity (Wildman–Crippen MR) is 126 cm³/mol. The van der Waals surface area contributed by atoms with E-state index in [1.165, 1.54) is 16.9 Å². The molecular weight excluding hydrogens is 422 g/mol. The topological polar surface area (TPSA) is 54.9 Å². The number of thiazole rings is 1. The van der Waals surface area contributed by atoms with Gasteiger partial charge in [0.15, 0.2) is 5.13 Å². The van der Waals surface area contributed by atoms with Gasteiger partial charge in [-0.1, -0.05) is 17.4 Å². The second-order valence-electron chi connectivity index (χ2n) is 7.18. The molecule has 0 aliphatic rings. The molecule has 0 unspecified atom stereocenters. The Morgan fingerprint density at radius 1 is 1.03 bits per heavy atom. The molecule has 1 amide bonds. The molecule has 3 rings (SSSR count). The van der Waals surface area contributed by atoms with Crippen LogP contribution in [0.5, 0.6) is 11.5 Å². The van der Waals surface area contributed by atoms with Gasteiger partial charge in [0.05, 0.1) is 24.4 Å². The number of fused-ring (bicyclic) bond motifs is 1. The molecular formula is C22H28ClN3O3S. The number of aryl methyl sites for hydroxylation is 1. The summed E-state index contributed by atoms with van der Waals surface area (Å²) in [5.74, 6) is 1.05. The van der Waals surface area contributed by atoms with Gasteiger partial charge in [0, 0.05) is 18.2 Å². The standard InChI is InChI=1S/C22H27N3O3S.ClH/c1-15-7-8-19-20(11-15)29-22(23-19)25(10-6-9-24(2)3)21(26)16-12-17(27-4)14-18(13-16)28-5;/h7-8,11-14H,6,9-10H2,1-5H3;1H. The van der Waals surface area contributed by atoms with E-state index < -0.39 is 0 Å². The summed E-state index contributed by atoms with van der Waals surface area (Å²) in [6, 6.07) is 11.4. The van der Waals surface area contributed by atoms with Crippen molar-refractivity contribution < 1.29 is 14.3 Å². The molecule has 0 bridgehead atoms. The van der Waals surface area contributed by atoms with Crippen LogP contribution in [0.4, 0.5) is 5.13 Å². The predicted octanol–water partition coefficient (Wildman–Crippen LogP) is 4.64. The molecule has 2 aromatic carbocycles. The highest BCUT2D eigenvalue weighted by Gasteiger charge is 2.22. The zero-order valence-electron chi connectivity index (χ0n) is 18.0. The molecule has 0 aliphatic heterocycles. The minimum absolute atomic E-state index is 0. The van der Waals surface area contributed by atoms with Crippen LogP contribution < -0.4 is 14.4 Å². The summed E-state index contributed by atoms with van der Waals surface area (Å²) in [5, 5.41) is 0.705. The second kappa shape index (κ2) is 10.6. The maximum atomic E-state index is 13.5. The summed E-state index contributed by atoms with van der Waals surface area (Å²) in [7, 11) is 7.21. The summed E-state index contributed by atoms with van der Waals surface area (Å²) >= 11 is 1.54. The van der Waals surface area contributed by atoms with E-state index in [-0.39, 0.29) is 18.3 Å². The van der Waals surface area contributed by atoms with Gasteiger partial charge < -0.3 is 14.4 Å². The van der Waals surface area contributed by atoms with E-state index in [4.69, 9.17) is 14.5 Å². The van der Waals surface area contributed by atoms with Crippen LogP contribution in [-0.2, 0) is 0 Å². The minimum atomic E-state index is -0.114.